The van der Waals surface area contributed by atoms with E-state index in [1.165, 1.54) is 5.56 Å². The van der Waals surface area contributed by atoms with Crippen LogP contribution in [-0.4, -0.2) is 6.29 Å². The number of aryl methyl sites for hydroxylation is 1. The van der Waals surface area contributed by atoms with Gasteiger partial charge in [0, 0.05) is 5.56 Å². The lowest BCUT2D eigenvalue weighted by molar-refractivity contribution is -0.107. The fourth-order valence-electron chi connectivity index (χ4n) is 1.06. The van der Waals surface area contributed by atoms with E-state index >= 15 is 0 Å². The highest BCUT2D eigenvalue weighted by Crippen LogP contribution is 2.04. The van der Waals surface area contributed by atoms with E-state index in [-0.39, 0.29) is 0 Å². The summed E-state index contributed by atoms with van der Waals surface area (Å²) in [4.78, 5) is 10.0. The average Bonchev–Trinajstić information content (AvgIpc) is 2.19. The Morgan fingerprint density at radius 3 is 3.00 bits per heavy atom. The van der Waals surface area contributed by atoms with Crippen molar-refractivity contribution in [3.8, 4) is 11.8 Å². The molecule has 0 amide bonds. The van der Waals surface area contributed by atoms with Crippen molar-refractivity contribution in [2.45, 2.75) is 19.8 Å². The zero-order chi connectivity index (χ0) is 9.52. The predicted octanol–water partition coefficient (Wildman–Crippen LogP) is 2.19. The third-order valence-electron chi connectivity index (χ3n) is 1.75. The Bertz CT molecular complexity index is 342. The molecule has 0 atom stereocenters. The highest BCUT2D eigenvalue weighted by atomic mass is 16.1. The van der Waals surface area contributed by atoms with E-state index in [0.29, 0.717) is 6.42 Å². The predicted molar refractivity (Wildman–Crippen MR) is 53.4 cm³/mol. The van der Waals surface area contributed by atoms with Crippen LogP contribution in [-0.2, 0) is 11.2 Å². The van der Waals surface area contributed by atoms with Gasteiger partial charge in [-0.3, -0.25) is 0 Å². The summed E-state index contributed by atoms with van der Waals surface area (Å²) < 4.78 is 0. The van der Waals surface area contributed by atoms with E-state index < -0.39 is 0 Å². The van der Waals surface area contributed by atoms with E-state index in [0.717, 1.165) is 18.3 Å². The van der Waals surface area contributed by atoms with Crippen molar-refractivity contribution in [2.24, 2.45) is 0 Å². The lowest BCUT2D eigenvalue weighted by atomic mass is 10.1. The molecule has 1 rings (SSSR count). The fraction of sp³-hybridized carbons (Fsp3) is 0.250. The Balaban J connectivity index is 2.78. The van der Waals surface area contributed by atoms with Gasteiger partial charge in [0.15, 0.2) is 0 Å². The molecular formula is C12H12O. The standard InChI is InChI=1S/C12H12O/c1-2-11-7-5-8-12(10-11)6-3-4-9-13/h5,7-10H,2,4H2,1H3. The van der Waals surface area contributed by atoms with Crippen LogP contribution in [0.25, 0.3) is 0 Å². The van der Waals surface area contributed by atoms with Gasteiger partial charge in [-0.25, -0.2) is 0 Å². The summed E-state index contributed by atoms with van der Waals surface area (Å²) in [5.74, 6) is 5.72. The van der Waals surface area contributed by atoms with E-state index in [1.54, 1.807) is 0 Å². The van der Waals surface area contributed by atoms with Crippen LogP contribution in [0.3, 0.4) is 0 Å². The highest BCUT2D eigenvalue weighted by molar-refractivity contribution is 5.55. The van der Waals surface area contributed by atoms with Gasteiger partial charge in [-0.05, 0) is 24.1 Å². The first-order valence-corrected chi connectivity index (χ1v) is 4.38. The molecule has 0 radical (unpaired) electrons. The molecule has 0 saturated carbocycles. The number of benzene rings is 1. The van der Waals surface area contributed by atoms with Crippen molar-refractivity contribution in [1.82, 2.24) is 0 Å². The van der Waals surface area contributed by atoms with E-state index in [1.807, 2.05) is 12.1 Å². The third kappa shape index (κ3) is 3.13. The molecule has 1 heteroatoms. The monoisotopic (exact) mass is 172 g/mol. The number of rotatable bonds is 2. The maximum atomic E-state index is 10.0. The van der Waals surface area contributed by atoms with Gasteiger partial charge in [0.25, 0.3) is 0 Å². The molecule has 0 spiro atoms. The fourth-order valence-corrected chi connectivity index (χ4v) is 1.06. The second-order valence-electron chi connectivity index (χ2n) is 2.73. The van der Waals surface area contributed by atoms with Crippen molar-refractivity contribution in [3.63, 3.8) is 0 Å². The van der Waals surface area contributed by atoms with Gasteiger partial charge in [0.05, 0.1) is 6.42 Å². The molecule has 0 N–H and O–H groups in total. The maximum Gasteiger partial charge on any atom is 0.131 e. The minimum atomic E-state index is 0.316. The van der Waals surface area contributed by atoms with Gasteiger partial charge in [-0.1, -0.05) is 30.9 Å². The normalized spacial score (nSPS) is 8.69. The molecule has 13 heavy (non-hydrogen) atoms. The summed E-state index contributed by atoms with van der Waals surface area (Å²) in [6.45, 7) is 2.11. The zero-order valence-corrected chi connectivity index (χ0v) is 7.71. The third-order valence-corrected chi connectivity index (χ3v) is 1.75. The van der Waals surface area contributed by atoms with Gasteiger partial charge < -0.3 is 4.79 Å². The molecule has 0 aliphatic heterocycles. The summed E-state index contributed by atoms with van der Waals surface area (Å²) in [5.41, 5.74) is 2.26. The Kier molecular flexibility index (Phi) is 3.78. The minimum Gasteiger partial charge on any atom is -0.302 e. The number of hydrogen-bond donors (Lipinski definition) is 0. The lowest BCUT2D eigenvalue weighted by Gasteiger charge is -1.95. The first-order valence-electron chi connectivity index (χ1n) is 4.38. The quantitative estimate of drug-likeness (QED) is 0.493. The largest absolute Gasteiger partial charge is 0.302 e. The first-order chi connectivity index (χ1) is 6.36. The van der Waals surface area contributed by atoms with Gasteiger partial charge in [0.1, 0.15) is 6.29 Å². The van der Waals surface area contributed by atoms with Crippen molar-refractivity contribution in [3.05, 3.63) is 35.4 Å². The summed E-state index contributed by atoms with van der Waals surface area (Å²) in [6.07, 6.45) is 2.15. The molecule has 0 heterocycles. The molecule has 0 aliphatic carbocycles. The first kappa shape index (κ1) is 9.54. The molecule has 0 saturated heterocycles. The van der Waals surface area contributed by atoms with E-state index in [4.69, 9.17) is 0 Å². The number of carbonyl (C=O) groups is 1. The summed E-state index contributed by atoms with van der Waals surface area (Å²) in [6, 6.07) is 8.07. The molecule has 1 nitrogen and oxygen atoms in total. The van der Waals surface area contributed by atoms with Crippen LogP contribution in [0.15, 0.2) is 24.3 Å². The molecule has 0 unspecified atom stereocenters. The lowest BCUT2D eigenvalue weighted by Crippen LogP contribution is -1.81. The SMILES string of the molecule is CCc1cccc(C#CCC=O)c1. The average molecular weight is 172 g/mol. The molecule has 0 bridgehead atoms. The molecule has 66 valence electrons. The van der Waals surface area contributed by atoms with Gasteiger partial charge in [-0.2, -0.15) is 0 Å². The highest BCUT2D eigenvalue weighted by Gasteiger charge is 1.89. The Hall–Kier alpha value is -1.55. The van der Waals surface area contributed by atoms with Crippen LogP contribution >= 0.6 is 0 Å². The van der Waals surface area contributed by atoms with Crippen LogP contribution in [0.4, 0.5) is 0 Å². The van der Waals surface area contributed by atoms with Gasteiger partial charge in [-0.15, -0.1) is 0 Å². The second kappa shape index (κ2) is 5.16. The number of aldehydes is 1. The molecular weight excluding hydrogens is 160 g/mol. The van der Waals surface area contributed by atoms with Crippen LogP contribution in [0.2, 0.25) is 0 Å². The number of hydrogen-bond acceptors (Lipinski definition) is 1. The molecule has 1 aromatic rings. The van der Waals surface area contributed by atoms with Gasteiger partial charge in [0.2, 0.25) is 0 Å². The van der Waals surface area contributed by atoms with E-state index in [9.17, 15) is 4.79 Å². The Morgan fingerprint density at radius 2 is 2.31 bits per heavy atom. The smallest absolute Gasteiger partial charge is 0.131 e. The second-order valence-corrected chi connectivity index (χ2v) is 2.73. The summed E-state index contributed by atoms with van der Waals surface area (Å²) >= 11 is 0. The molecule has 1 aromatic carbocycles. The Labute approximate surface area is 78.8 Å². The van der Waals surface area contributed by atoms with Crippen molar-refractivity contribution in [2.75, 3.05) is 0 Å². The molecule has 0 aromatic heterocycles. The molecule has 0 fully saturated rings. The Morgan fingerprint density at radius 1 is 1.46 bits per heavy atom. The van der Waals surface area contributed by atoms with Gasteiger partial charge >= 0.3 is 0 Å². The van der Waals surface area contributed by atoms with Crippen LogP contribution in [0, 0.1) is 11.8 Å². The van der Waals surface area contributed by atoms with Crippen LogP contribution < -0.4 is 0 Å². The van der Waals surface area contributed by atoms with Crippen molar-refractivity contribution < 1.29 is 4.79 Å². The summed E-state index contributed by atoms with van der Waals surface area (Å²) in [5, 5.41) is 0. The minimum absolute atomic E-state index is 0.316. The van der Waals surface area contributed by atoms with Crippen molar-refractivity contribution in [1.29, 1.82) is 0 Å². The van der Waals surface area contributed by atoms with Crippen LogP contribution in [0.5, 0.6) is 0 Å². The number of carbonyl (C=O) groups excluding carboxylic acids is 1. The van der Waals surface area contributed by atoms with Crippen molar-refractivity contribution >= 4 is 6.29 Å². The maximum absolute atomic E-state index is 10.0. The molecule has 0 aliphatic rings. The zero-order valence-electron chi connectivity index (χ0n) is 7.71. The topological polar surface area (TPSA) is 17.1 Å². The summed E-state index contributed by atoms with van der Waals surface area (Å²) in [7, 11) is 0. The van der Waals surface area contributed by atoms with Crippen LogP contribution in [0.1, 0.15) is 24.5 Å². The van der Waals surface area contributed by atoms with E-state index in [2.05, 4.69) is 30.9 Å².